The minimum Gasteiger partial charge on any atom is -0.870 e. The molecule has 0 amide bonds. The fourth-order valence-corrected chi connectivity index (χ4v) is 7.77. The first-order valence-corrected chi connectivity index (χ1v) is 24.8. The number of aryl methyl sites for hydroxylation is 2. The maximum atomic E-state index is 12.1. The molecule has 0 saturated heterocycles. The molecule has 0 radical (unpaired) electrons. The average Bonchev–Trinajstić information content (AvgIpc) is 3.21. The first kappa shape index (κ1) is 54.3. The molecule has 13 heteroatoms. The van der Waals surface area contributed by atoms with Crippen LogP contribution >= 0.6 is 0 Å². The largest absolute Gasteiger partial charge is 2.00 e. The van der Waals surface area contributed by atoms with Gasteiger partial charge in [0.15, 0.2) is 11.5 Å². The van der Waals surface area contributed by atoms with Crippen molar-refractivity contribution in [3.8, 4) is 34.5 Å². The SMILES string of the molecule is CCCCCCCCCCCCc1ccc(O)c(Oc2ccc(S(=O)(=O)O)cc2)c1.CCCCCCCCCCCCc1ccc([O-])c(Oc2ccc(S(=O)(=O)[O-])cc2)c1.[Ca+2]. The number of hydrogen-bond donors (Lipinski definition) is 2. The van der Waals surface area contributed by atoms with E-state index in [4.69, 9.17) is 14.0 Å². The summed E-state index contributed by atoms with van der Waals surface area (Å²) in [5, 5.41) is 22.1. The third-order valence-electron chi connectivity index (χ3n) is 10.4. The Kier molecular flexibility index (Phi) is 27.0. The molecule has 0 spiro atoms. The van der Waals surface area contributed by atoms with Gasteiger partial charge in [0, 0.05) is 0 Å². The summed E-state index contributed by atoms with van der Waals surface area (Å²) < 4.78 is 75.5. The van der Waals surface area contributed by atoms with Crippen molar-refractivity contribution in [3.63, 3.8) is 0 Å². The molecule has 0 aliphatic heterocycles. The average molecular weight is 907 g/mol. The number of unbranched alkanes of at least 4 members (excludes halogenated alkanes) is 18. The fourth-order valence-electron chi connectivity index (χ4n) is 6.82. The zero-order valence-electron chi connectivity index (χ0n) is 36.3. The van der Waals surface area contributed by atoms with Gasteiger partial charge in [0.25, 0.3) is 10.1 Å². The molecule has 0 aliphatic carbocycles. The number of hydrogen-bond acceptors (Lipinski definition) is 9. The summed E-state index contributed by atoms with van der Waals surface area (Å²) in [5.41, 5.74) is 2.14. The Hall–Kier alpha value is -2.84. The van der Waals surface area contributed by atoms with E-state index in [9.17, 15) is 31.6 Å². The molecule has 4 aromatic rings. The molecule has 0 aromatic heterocycles. The van der Waals surface area contributed by atoms with Gasteiger partial charge in [-0.15, -0.1) is 0 Å². The summed E-state index contributed by atoms with van der Waals surface area (Å²) in [6.45, 7) is 4.48. The molecular formula is C48H66CaO10S2. The van der Waals surface area contributed by atoms with Gasteiger partial charge in [0.05, 0.1) is 9.79 Å². The Morgan fingerprint density at radius 2 is 0.852 bits per heavy atom. The van der Waals surface area contributed by atoms with Gasteiger partial charge in [0.2, 0.25) is 0 Å². The van der Waals surface area contributed by atoms with E-state index in [-0.39, 0.29) is 64.8 Å². The summed E-state index contributed by atoms with van der Waals surface area (Å²) >= 11 is 0. The van der Waals surface area contributed by atoms with Gasteiger partial charge in [-0.1, -0.05) is 153 Å². The smallest absolute Gasteiger partial charge is 0.870 e. The Morgan fingerprint density at radius 3 is 1.26 bits per heavy atom. The number of aromatic hydroxyl groups is 1. The van der Waals surface area contributed by atoms with E-state index in [1.165, 1.54) is 170 Å². The molecule has 0 atom stereocenters. The van der Waals surface area contributed by atoms with Crippen LogP contribution in [0.3, 0.4) is 0 Å². The standard InChI is InChI=1S/2C24H34O5S.Ca/c2*1-2-3-4-5-6-7-8-9-10-11-12-20-13-18-23(25)24(19-20)29-21-14-16-22(17-15-21)30(26,27)28;/h2*13-19,25H,2-12H2,1H3,(H,26,27,28);/q;;+2/p-2. The van der Waals surface area contributed by atoms with E-state index >= 15 is 0 Å². The fraction of sp³-hybridized carbons (Fsp3) is 0.500. The van der Waals surface area contributed by atoms with E-state index in [0.29, 0.717) is 17.2 Å². The Bertz CT molecular complexity index is 1870. The number of phenols is 1. The molecule has 4 rings (SSSR count). The van der Waals surface area contributed by atoms with Gasteiger partial charge < -0.3 is 24.2 Å². The molecule has 10 nitrogen and oxygen atoms in total. The van der Waals surface area contributed by atoms with Crippen LogP contribution in [-0.4, -0.2) is 68.8 Å². The van der Waals surface area contributed by atoms with Crippen molar-refractivity contribution >= 4 is 58.0 Å². The van der Waals surface area contributed by atoms with Crippen molar-refractivity contribution in [1.29, 1.82) is 0 Å². The van der Waals surface area contributed by atoms with Crippen molar-refractivity contribution in [2.24, 2.45) is 0 Å². The van der Waals surface area contributed by atoms with Crippen LogP contribution < -0.4 is 14.6 Å². The summed E-state index contributed by atoms with van der Waals surface area (Å²) in [4.78, 5) is -0.527. The predicted molar refractivity (Wildman–Crippen MR) is 242 cm³/mol. The summed E-state index contributed by atoms with van der Waals surface area (Å²) in [6, 6.07) is 20.9. The van der Waals surface area contributed by atoms with Gasteiger partial charge in [0.1, 0.15) is 27.4 Å². The van der Waals surface area contributed by atoms with E-state index in [1.54, 1.807) is 12.1 Å². The third-order valence-corrected chi connectivity index (χ3v) is 12.1. The van der Waals surface area contributed by atoms with E-state index in [1.807, 2.05) is 18.2 Å². The van der Waals surface area contributed by atoms with Crippen LogP contribution in [0.25, 0.3) is 0 Å². The molecule has 61 heavy (non-hydrogen) atoms. The molecule has 4 aromatic carbocycles. The quantitative estimate of drug-likeness (QED) is 0.0317. The Morgan fingerprint density at radius 1 is 0.492 bits per heavy atom. The number of benzene rings is 4. The first-order chi connectivity index (χ1) is 28.8. The molecule has 0 saturated carbocycles. The van der Waals surface area contributed by atoms with Crippen molar-refractivity contribution in [2.45, 2.75) is 165 Å². The van der Waals surface area contributed by atoms with E-state index in [2.05, 4.69) is 13.8 Å². The molecule has 2 N–H and O–H groups in total. The predicted octanol–water partition coefficient (Wildman–Crippen LogP) is 12.4. The summed E-state index contributed by atoms with van der Waals surface area (Å²) in [6.07, 6.45) is 27.5. The Balaban J connectivity index is 0.000000413. The van der Waals surface area contributed by atoms with Gasteiger partial charge in [-0.25, -0.2) is 8.42 Å². The zero-order valence-corrected chi connectivity index (χ0v) is 40.2. The topological polar surface area (TPSA) is 173 Å². The van der Waals surface area contributed by atoms with E-state index < -0.39 is 20.2 Å². The molecule has 0 aliphatic rings. The second-order valence-corrected chi connectivity index (χ2v) is 18.3. The van der Waals surface area contributed by atoms with Gasteiger partial charge in [-0.2, -0.15) is 8.42 Å². The first-order valence-electron chi connectivity index (χ1n) is 21.9. The number of rotatable bonds is 28. The zero-order chi connectivity index (χ0) is 43.6. The maximum absolute atomic E-state index is 12.1. The van der Waals surface area contributed by atoms with Crippen molar-refractivity contribution < 1.29 is 45.6 Å². The monoisotopic (exact) mass is 906 g/mol. The normalized spacial score (nSPS) is 11.3. The molecule has 0 unspecified atom stereocenters. The van der Waals surface area contributed by atoms with Crippen LogP contribution in [0.4, 0.5) is 0 Å². The maximum Gasteiger partial charge on any atom is 2.00 e. The summed E-state index contributed by atoms with van der Waals surface area (Å²) in [7, 11) is -8.74. The van der Waals surface area contributed by atoms with E-state index in [0.717, 1.165) is 36.8 Å². The minimum atomic E-state index is -4.50. The van der Waals surface area contributed by atoms with Crippen LogP contribution in [0.15, 0.2) is 94.7 Å². The van der Waals surface area contributed by atoms with Crippen molar-refractivity contribution in [2.75, 3.05) is 0 Å². The second-order valence-electron chi connectivity index (χ2n) is 15.5. The van der Waals surface area contributed by atoms with Crippen LogP contribution in [0.5, 0.6) is 34.5 Å². The third kappa shape index (κ3) is 22.9. The van der Waals surface area contributed by atoms with Crippen LogP contribution in [-0.2, 0) is 33.1 Å². The minimum absolute atomic E-state index is 0. The number of ether oxygens (including phenoxy) is 2. The van der Waals surface area contributed by atoms with Gasteiger partial charge in [-0.05, 0) is 104 Å². The van der Waals surface area contributed by atoms with Crippen molar-refractivity contribution in [1.82, 2.24) is 0 Å². The number of phenolic OH excluding ortho intramolecular Hbond substituents is 1. The molecule has 332 valence electrons. The van der Waals surface area contributed by atoms with Crippen LogP contribution in [0.1, 0.15) is 153 Å². The molecule has 0 fully saturated rings. The Labute approximate surface area is 396 Å². The van der Waals surface area contributed by atoms with Crippen molar-refractivity contribution in [3.05, 3.63) is 96.1 Å². The van der Waals surface area contributed by atoms with Crippen LogP contribution in [0.2, 0.25) is 0 Å². The second kappa shape index (κ2) is 30.3. The molecule has 0 heterocycles. The van der Waals surface area contributed by atoms with Gasteiger partial charge in [-0.3, -0.25) is 4.55 Å². The molecular weight excluding hydrogens is 841 g/mol. The molecule has 0 bridgehead atoms. The van der Waals surface area contributed by atoms with Gasteiger partial charge >= 0.3 is 37.7 Å². The van der Waals surface area contributed by atoms with Crippen LogP contribution in [0, 0.1) is 0 Å². The summed E-state index contributed by atoms with van der Waals surface area (Å²) in [5.74, 6) is 1.03.